The topological polar surface area (TPSA) is 52.1 Å². The van der Waals surface area contributed by atoms with E-state index in [1.807, 2.05) is 6.92 Å². The Kier molecular flexibility index (Phi) is 3.06. The standard InChI is InChI=1S/C11H14N2O2/c1-2-15-7-11-12-6-8-9(13-11)4-3-5-10(8)14/h6H,2-5,7H2,1H3. The van der Waals surface area contributed by atoms with Gasteiger partial charge >= 0.3 is 0 Å². The summed E-state index contributed by atoms with van der Waals surface area (Å²) in [6.07, 6.45) is 4.04. The number of Topliss-reactive ketones (excluding diaryl/α,β-unsaturated/α-hetero) is 1. The number of nitrogens with zero attached hydrogens (tertiary/aromatic N) is 2. The second kappa shape index (κ2) is 4.49. The molecule has 1 aliphatic rings. The van der Waals surface area contributed by atoms with Crippen molar-refractivity contribution in [1.82, 2.24) is 9.97 Å². The lowest BCUT2D eigenvalue weighted by atomic mass is 9.96. The molecule has 80 valence electrons. The first-order valence-corrected chi connectivity index (χ1v) is 5.27. The highest BCUT2D eigenvalue weighted by Crippen LogP contribution is 2.18. The van der Waals surface area contributed by atoms with Gasteiger partial charge in [-0.05, 0) is 19.8 Å². The van der Waals surface area contributed by atoms with Crippen LogP contribution in [0.3, 0.4) is 0 Å². The molecule has 0 saturated heterocycles. The fraction of sp³-hybridized carbons (Fsp3) is 0.545. The lowest BCUT2D eigenvalue weighted by Crippen LogP contribution is -2.15. The smallest absolute Gasteiger partial charge is 0.166 e. The summed E-state index contributed by atoms with van der Waals surface area (Å²) < 4.78 is 5.23. The molecular formula is C11H14N2O2. The first-order valence-electron chi connectivity index (χ1n) is 5.27. The van der Waals surface area contributed by atoms with E-state index in [1.165, 1.54) is 0 Å². The molecule has 0 aromatic carbocycles. The van der Waals surface area contributed by atoms with E-state index in [4.69, 9.17) is 4.74 Å². The monoisotopic (exact) mass is 206 g/mol. The van der Waals surface area contributed by atoms with Crippen LogP contribution in [0, 0.1) is 0 Å². The molecule has 1 aromatic heterocycles. The molecule has 2 rings (SSSR count). The van der Waals surface area contributed by atoms with E-state index in [-0.39, 0.29) is 5.78 Å². The molecule has 0 bridgehead atoms. The van der Waals surface area contributed by atoms with Gasteiger partial charge in [0.25, 0.3) is 0 Å². The largest absolute Gasteiger partial charge is 0.374 e. The molecule has 0 amide bonds. The van der Waals surface area contributed by atoms with Crippen molar-refractivity contribution in [1.29, 1.82) is 0 Å². The molecule has 4 nitrogen and oxygen atoms in total. The van der Waals surface area contributed by atoms with Crippen molar-refractivity contribution in [3.8, 4) is 0 Å². The Hall–Kier alpha value is -1.29. The average molecular weight is 206 g/mol. The van der Waals surface area contributed by atoms with E-state index < -0.39 is 0 Å². The maximum Gasteiger partial charge on any atom is 0.166 e. The van der Waals surface area contributed by atoms with Gasteiger partial charge in [-0.25, -0.2) is 9.97 Å². The second-order valence-corrected chi connectivity index (χ2v) is 3.56. The van der Waals surface area contributed by atoms with Crippen LogP contribution in [0.1, 0.15) is 41.6 Å². The van der Waals surface area contributed by atoms with Crippen LogP contribution in [0.15, 0.2) is 6.20 Å². The van der Waals surface area contributed by atoms with E-state index in [0.29, 0.717) is 31.0 Å². The number of aryl methyl sites for hydroxylation is 1. The number of aromatic nitrogens is 2. The molecule has 0 saturated carbocycles. The van der Waals surface area contributed by atoms with Crippen molar-refractivity contribution >= 4 is 5.78 Å². The first kappa shape index (κ1) is 10.2. The number of ketones is 1. The summed E-state index contributed by atoms with van der Waals surface area (Å²) >= 11 is 0. The van der Waals surface area contributed by atoms with Gasteiger partial charge in [0.15, 0.2) is 11.6 Å². The van der Waals surface area contributed by atoms with E-state index in [0.717, 1.165) is 18.5 Å². The minimum absolute atomic E-state index is 0.166. The Morgan fingerprint density at radius 3 is 3.13 bits per heavy atom. The Morgan fingerprint density at radius 1 is 1.47 bits per heavy atom. The van der Waals surface area contributed by atoms with E-state index >= 15 is 0 Å². The van der Waals surface area contributed by atoms with E-state index in [2.05, 4.69) is 9.97 Å². The Morgan fingerprint density at radius 2 is 2.33 bits per heavy atom. The van der Waals surface area contributed by atoms with Gasteiger partial charge in [0, 0.05) is 19.2 Å². The fourth-order valence-electron chi connectivity index (χ4n) is 1.70. The summed E-state index contributed by atoms with van der Waals surface area (Å²) in [5.74, 6) is 0.838. The molecule has 0 aliphatic heterocycles. The molecule has 0 N–H and O–H groups in total. The SMILES string of the molecule is CCOCc1ncc2c(n1)CCCC2=O. The van der Waals surface area contributed by atoms with Gasteiger partial charge in [0.05, 0.1) is 11.3 Å². The lowest BCUT2D eigenvalue weighted by Gasteiger charge is -2.13. The summed E-state index contributed by atoms with van der Waals surface area (Å²) in [6.45, 7) is 3.01. The van der Waals surface area contributed by atoms with Crippen LogP contribution < -0.4 is 0 Å². The highest BCUT2D eigenvalue weighted by Gasteiger charge is 2.18. The maximum atomic E-state index is 11.5. The number of hydrogen-bond donors (Lipinski definition) is 0. The van der Waals surface area contributed by atoms with Gasteiger partial charge < -0.3 is 4.74 Å². The third kappa shape index (κ3) is 2.21. The number of rotatable bonds is 3. The Labute approximate surface area is 88.7 Å². The van der Waals surface area contributed by atoms with Gasteiger partial charge in [0.1, 0.15) is 6.61 Å². The Balaban J connectivity index is 2.21. The Bertz CT molecular complexity index is 377. The van der Waals surface area contributed by atoms with Crippen LogP contribution in [0.4, 0.5) is 0 Å². The van der Waals surface area contributed by atoms with Crippen LogP contribution in [0.2, 0.25) is 0 Å². The van der Waals surface area contributed by atoms with E-state index in [1.54, 1.807) is 6.20 Å². The van der Waals surface area contributed by atoms with Crippen molar-refractivity contribution in [2.24, 2.45) is 0 Å². The van der Waals surface area contributed by atoms with Crippen LogP contribution in [0.5, 0.6) is 0 Å². The molecule has 0 spiro atoms. The van der Waals surface area contributed by atoms with Crippen LogP contribution >= 0.6 is 0 Å². The maximum absolute atomic E-state index is 11.5. The van der Waals surface area contributed by atoms with Crippen molar-refractivity contribution in [3.05, 3.63) is 23.3 Å². The third-order valence-corrected chi connectivity index (χ3v) is 2.47. The van der Waals surface area contributed by atoms with Crippen molar-refractivity contribution in [3.63, 3.8) is 0 Å². The molecule has 1 heterocycles. The molecule has 4 heteroatoms. The number of carbonyl (C=O) groups excluding carboxylic acids is 1. The van der Waals surface area contributed by atoms with E-state index in [9.17, 15) is 4.79 Å². The van der Waals surface area contributed by atoms with Gasteiger partial charge in [-0.2, -0.15) is 0 Å². The number of fused-ring (bicyclic) bond motifs is 1. The minimum Gasteiger partial charge on any atom is -0.374 e. The predicted octanol–water partition coefficient (Wildman–Crippen LogP) is 1.53. The van der Waals surface area contributed by atoms with Crippen LogP contribution in [0.25, 0.3) is 0 Å². The summed E-state index contributed by atoms with van der Waals surface area (Å²) in [5.41, 5.74) is 1.58. The van der Waals surface area contributed by atoms with Crippen molar-refractivity contribution in [2.45, 2.75) is 32.8 Å². The summed E-state index contributed by atoms with van der Waals surface area (Å²) in [6, 6.07) is 0. The summed E-state index contributed by atoms with van der Waals surface area (Å²) in [5, 5.41) is 0. The number of ether oxygens (including phenoxy) is 1. The number of carbonyl (C=O) groups is 1. The molecule has 15 heavy (non-hydrogen) atoms. The first-order chi connectivity index (χ1) is 7.31. The normalized spacial score (nSPS) is 15.1. The van der Waals surface area contributed by atoms with Crippen molar-refractivity contribution < 1.29 is 9.53 Å². The molecule has 1 aliphatic carbocycles. The summed E-state index contributed by atoms with van der Waals surface area (Å²) in [4.78, 5) is 20.0. The zero-order valence-electron chi connectivity index (χ0n) is 8.82. The van der Waals surface area contributed by atoms with Crippen molar-refractivity contribution in [2.75, 3.05) is 6.61 Å². The number of hydrogen-bond acceptors (Lipinski definition) is 4. The molecule has 1 aromatic rings. The fourth-order valence-corrected chi connectivity index (χ4v) is 1.70. The molecular weight excluding hydrogens is 192 g/mol. The zero-order chi connectivity index (χ0) is 10.7. The summed E-state index contributed by atoms with van der Waals surface area (Å²) in [7, 11) is 0. The lowest BCUT2D eigenvalue weighted by molar-refractivity contribution is 0.0969. The minimum atomic E-state index is 0.166. The zero-order valence-corrected chi connectivity index (χ0v) is 8.82. The third-order valence-electron chi connectivity index (χ3n) is 2.47. The van der Waals surface area contributed by atoms with Crippen LogP contribution in [-0.2, 0) is 17.8 Å². The van der Waals surface area contributed by atoms with Gasteiger partial charge in [0.2, 0.25) is 0 Å². The van der Waals surface area contributed by atoms with Gasteiger partial charge in [-0.3, -0.25) is 4.79 Å². The van der Waals surface area contributed by atoms with Crippen LogP contribution in [-0.4, -0.2) is 22.4 Å². The highest BCUT2D eigenvalue weighted by molar-refractivity contribution is 5.97. The van der Waals surface area contributed by atoms with Gasteiger partial charge in [-0.1, -0.05) is 0 Å². The van der Waals surface area contributed by atoms with Gasteiger partial charge in [-0.15, -0.1) is 0 Å². The molecule has 0 unspecified atom stereocenters. The quantitative estimate of drug-likeness (QED) is 0.752. The molecule has 0 fully saturated rings. The average Bonchev–Trinajstić information content (AvgIpc) is 2.26. The highest BCUT2D eigenvalue weighted by atomic mass is 16.5. The predicted molar refractivity (Wildman–Crippen MR) is 54.6 cm³/mol. The molecule has 0 radical (unpaired) electrons. The molecule has 0 atom stereocenters. The second-order valence-electron chi connectivity index (χ2n) is 3.56.